The molecule has 0 radical (unpaired) electrons. The van der Waals surface area contributed by atoms with Crippen LogP contribution in [0.3, 0.4) is 0 Å². The maximum Gasteiger partial charge on any atom is 0.374 e. The molecular formula is C16H16FN3O3. The third kappa shape index (κ3) is 2.58. The summed E-state index contributed by atoms with van der Waals surface area (Å²) in [6.07, 6.45) is 2.16. The van der Waals surface area contributed by atoms with Gasteiger partial charge in [0.1, 0.15) is 5.82 Å². The van der Waals surface area contributed by atoms with Crippen molar-refractivity contribution in [3.63, 3.8) is 0 Å². The van der Waals surface area contributed by atoms with Crippen LogP contribution in [0.5, 0.6) is 5.75 Å². The third-order valence-corrected chi connectivity index (χ3v) is 4.00. The van der Waals surface area contributed by atoms with E-state index >= 15 is 0 Å². The summed E-state index contributed by atoms with van der Waals surface area (Å²) in [5, 5.41) is 9.04. The fourth-order valence-electron chi connectivity index (χ4n) is 2.97. The van der Waals surface area contributed by atoms with Crippen molar-refractivity contribution in [3.8, 4) is 5.75 Å². The van der Waals surface area contributed by atoms with Gasteiger partial charge in [-0.05, 0) is 35.7 Å². The van der Waals surface area contributed by atoms with Gasteiger partial charge in [0.15, 0.2) is 11.6 Å². The van der Waals surface area contributed by atoms with Gasteiger partial charge in [0.25, 0.3) is 0 Å². The molecule has 1 aromatic heterocycles. The normalized spacial score (nSPS) is 16.3. The lowest BCUT2D eigenvalue weighted by Crippen LogP contribution is -2.23. The number of fused-ring (bicyclic) bond motifs is 1. The van der Waals surface area contributed by atoms with E-state index in [1.165, 1.54) is 19.4 Å². The quantitative estimate of drug-likeness (QED) is 0.934. The van der Waals surface area contributed by atoms with Gasteiger partial charge in [0, 0.05) is 12.7 Å². The first-order valence-corrected chi connectivity index (χ1v) is 7.24. The summed E-state index contributed by atoms with van der Waals surface area (Å²) in [5.41, 5.74) is 1.83. The predicted octanol–water partition coefficient (Wildman–Crippen LogP) is 2.79. The number of hydrogen-bond acceptors (Lipinski definition) is 5. The van der Waals surface area contributed by atoms with E-state index in [-0.39, 0.29) is 17.6 Å². The first kappa shape index (κ1) is 15.2. The summed E-state index contributed by atoms with van der Waals surface area (Å²) < 4.78 is 19.0. The monoisotopic (exact) mass is 317 g/mol. The van der Waals surface area contributed by atoms with Crippen molar-refractivity contribution in [3.05, 3.63) is 47.2 Å². The standard InChI is InChI=1S/C16H16FN3O3/c1-3-12-10-7-11(17)13(23-2)6-9(10)8-20(12)14-4-5-18-15(19-14)16(21)22/h4-7,12H,3,8H2,1-2H3,(H,21,22). The summed E-state index contributed by atoms with van der Waals surface area (Å²) in [6.45, 7) is 2.51. The highest BCUT2D eigenvalue weighted by molar-refractivity contribution is 5.83. The number of carboxylic acid groups (broad SMARTS) is 1. The van der Waals surface area contributed by atoms with E-state index in [1.807, 2.05) is 11.8 Å². The van der Waals surface area contributed by atoms with Gasteiger partial charge < -0.3 is 14.7 Å². The van der Waals surface area contributed by atoms with Gasteiger partial charge in [0.2, 0.25) is 5.82 Å². The van der Waals surface area contributed by atoms with E-state index in [4.69, 9.17) is 9.84 Å². The molecule has 1 unspecified atom stereocenters. The number of rotatable bonds is 4. The molecule has 0 amide bonds. The van der Waals surface area contributed by atoms with Crippen molar-refractivity contribution in [2.24, 2.45) is 0 Å². The van der Waals surface area contributed by atoms with Crippen molar-refractivity contribution in [2.75, 3.05) is 12.0 Å². The average Bonchev–Trinajstić information content (AvgIpc) is 2.91. The molecule has 0 spiro atoms. The van der Waals surface area contributed by atoms with Gasteiger partial charge >= 0.3 is 5.97 Å². The van der Waals surface area contributed by atoms with Crippen molar-refractivity contribution < 1.29 is 19.0 Å². The second-order valence-corrected chi connectivity index (χ2v) is 5.28. The van der Waals surface area contributed by atoms with Crippen molar-refractivity contribution >= 4 is 11.8 Å². The molecule has 0 saturated carbocycles. The van der Waals surface area contributed by atoms with Crippen LogP contribution in [0.25, 0.3) is 0 Å². The van der Waals surface area contributed by atoms with E-state index in [9.17, 15) is 9.18 Å². The number of benzene rings is 1. The van der Waals surface area contributed by atoms with Crippen LogP contribution in [-0.2, 0) is 6.54 Å². The maximum absolute atomic E-state index is 14.0. The van der Waals surface area contributed by atoms with Gasteiger partial charge in [-0.3, -0.25) is 0 Å². The third-order valence-electron chi connectivity index (χ3n) is 4.00. The molecule has 1 atom stereocenters. The van der Waals surface area contributed by atoms with Crippen LogP contribution < -0.4 is 9.64 Å². The second kappa shape index (κ2) is 5.83. The first-order chi connectivity index (χ1) is 11.0. The van der Waals surface area contributed by atoms with Gasteiger partial charge in [-0.15, -0.1) is 0 Å². The first-order valence-electron chi connectivity index (χ1n) is 7.24. The molecular weight excluding hydrogens is 301 g/mol. The zero-order valence-corrected chi connectivity index (χ0v) is 12.8. The lowest BCUT2D eigenvalue weighted by atomic mass is 10.0. The van der Waals surface area contributed by atoms with Crippen LogP contribution in [0.2, 0.25) is 0 Å². The average molecular weight is 317 g/mol. The van der Waals surface area contributed by atoms with Crippen LogP contribution in [0, 0.1) is 5.82 Å². The minimum Gasteiger partial charge on any atom is -0.494 e. The number of hydrogen-bond donors (Lipinski definition) is 1. The minimum absolute atomic E-state index is 0.0676. The highest BCUT2D eigenvalue weighted by Gasteiger charge is 2.31. The zero-order valence-electron chi connectivity index (χ0n) is 12.8. The second-order valence-electron chi connectivity index (χ2n) is 5.28. The van der Waals surface area contributed by atoms with Crippen molar-refractivity contribution in [1.29, 1.82) is 0 Å². The summed E-state index contributed by atoms with van der Waals surface area (Å²) in [4.78, 5) is 20.8. The highest BCUT2D eigenvalue weighted by Crippen LogP contribution is 2.40. The molecule has 120 valence electrons. The molecule has 3 rings (SSSR count). The molecule has 7 heteroatoms. The van der Waals surface area contributed by atoms with E-state index in [2.05, 4.69) is 9.97 Å². The van der Waals surface area contributed by atoms with E-state index < -0.39 is 11.8 Å². The maximum atomic E-state index is 14.0. The van der Waals surface area contributed by atoms with Gasteiger partial charge in [-0.25, -0.2) is 19.2 Å². The fourth-order valence-corrected chi connectivity index (χ4v) is 2.97. The Kier molecular flexibility index (Phi) is 3.85. The van der Waals surface area contributed by atoms with Crippen LogP contribution >= 0.6 is 0 Å². The molecule has 0 bridgehead atoms. The summed E-state index contributed by atoms with van der Waals surface area (Å²) in [7, 11) is 1.43. The Hall–Kier alpha value is -2.70. The van der Waals surface area contributed by atoms with Crippen LogP contribution in [0.15, 0.2) is 24.4 Å². The van der Waals surface area contributed by atoms with Crippen LogP contribution in [0.1, 0.15) is 41.1 Å². The number of anilines is 1. The Bertz CT molecular complexity index is 766. The molecule has 1 aromatic carbocycles. The number of aromatic nitrogens is 2. The van der Waals surface area contributed by atoms with E-state index in [0.717, 1.165) is 17.5 Å². The van der Waals surface area contributed by atoms with Crippen molar-refractivity contribution in [2.45, 2.75) is 25.9 Å². The minimum atomic E-state index is -1.18. The number of halogens is 1. The number of carboxylic acids is 1. The molecule has 1 aliphatic heterocycles. The summed E-state index contributed by atoms with van der Waals surface area (Å²) in [5.74, 6) is -1.11. The summed E-state index contributed by atoms with van der Waals surface area (Å²) >= 11 is 0. The molecule has 1 N–H and O–H groups in total. The van der Waals surface area contributed by atoms with Gasteiger partial charge in [-0.1, -0.05) is 6.92 Å². The predicted molar refractivity (Wildman–Crippen MR) is 81.2 cm³/mol. The Morgan fingerprint density at radius 1 is 1.52 bits per heavy atom. The SMILES string of the molecule is CCC1c2cc(F)c(OC)cc2CN1c1ccnc(C(=O)O)n1. The number of ether oxygens (including phenoxy) is 1. The lowest BCUT2D eigenvalue weighted by molar-refractivity contribution is 0.0683. The lowest BCUT2D eigenvalue weighted by Gasteiger charge is -2.25. The molecule has 0 saturated heterocycles. The zero-order chi connectivity index (χ0) is 16.6. The fraction of sp³-hybridized carbons (Fsp3) is 0.312. The molecule has 23 heavy (non-hydrogen) atoms. The van der Waals surface area contributed by atoms with E-state index in [0.29, 0.717) is 12.4 Å². The molecule has 1 aliphatic rings. The molecule has 0 fully saturated rings. The molecule has 2 heterocycles. The van der Waals surface area contributed by atoms with Crippen LogP contribution in [-0.4, -0.2) is 28.2 Å². The Balaban J connectivity index is 2.02. The van der Waals surface area contributed by atoms with Gasteiger partial charge in [-0.2, -0.15) is 0 Å². The Morgan fingerprint density at radius 3 is 2.96 bits per heavy atom. The number of carbonyl (C=O) groups is 1. The molecule has 6 nitrogen and oxygen atoms in total. The molecule has 2 aromatic rings. The van der Waals surface area contributed by atoms with E-state index in [1.54, 1.807) is 12.1 Å². The topological polar surface area (TPSA) is 75.5 Å². The summed E-state index contributed by atoms with van der Waals surface area (Å²) in [6, 6.07) is 4.77. The smallest absolute Gasteiger partial charge is 0.374 e. The van der Waals surface area contributed by atoms with Gasteiger partial charge in [0.05, 0.1) is 13.2 Å². The number of aromatic carboxylic acids is 1. The molecule has 0 aliphatic carbocycles. The Morgan fingerprint density at radius 2 is 2.30 bits per heavy atom. The number of nitrogens with zero attached hydrogens (tertiary/aromatic N) is 3. The Labute approximate surface area is 132 Å². The highest BCUT2D eigenvalue weighted by atomic mass is 19.1. The largest absolute Gasteiger partial charge is 0.494 e. The van der Waals surface area contributed by atoms with Crippen LogP contribution in [0.4, 0.5) is 10.2 Å². The van der Waals surface area contributed by atoms with Crippen molar-refractivity contribution in [1.82, 2.24) is 9.97 Å². The number of methoxy groups -OCH3 is 1.